The summed E-state index contributed by atoms with van der Waals surface area (Å²) in [5.74, 6) is -8.76. The number of imidazole rings is 1. The first-order chi connectivity index (χ1) is 46.4. The van der Waals surface area contributed by atoms with Crippen molar-refractivity contribution in [2.45, 2.75) is 131 Å². The largest absolute Gasteiger partial charge is 0.504 e. The number of β-amino-alcohol motifs (C(OH)–C–C–N with tert-alkyl or cyclic N) is 1. The first-order valence-electron chi connectivity index (χ1n) is 31.2. The minimum absolute atomic E-state index is 0.0103. The Morgan fingerprint density at radius 3 is 2.19 bits per heavy atom. The maximum Gasteiger partial charge on any atom is 0.261 e. The van der Waals surface area contributed by atoms with Gasteiger partial charge in [-0.3, -0.25) is 38.4 Å². The molecule has 0 aliphatic carbocycles. The zero-order valence-corrected chi connectivity index (χ0v) is 55.0. The van der Waals surface area contributed by atoms with Crippen LogP contribution in [-0.2, 0) is 42.9 Å². The summed E-state index contributed by atoms with van der Waals surface area (Å²) < 4.78 is 16.9. The molecule has 4 saturated heterocycles. The van der Waals surface area contributed by atoms with Crippen molar-refractivity contribution < 1.29 is 103 Å². The summed E-state index contributed by atoms with van der Waals surface area (Å²) in [6.07, 6.45) is -11.2. The van der Waals surface area contributed by atoms with Crippen LogP contribution in [0.4, 0.5) is 0 Å². The van der Waals surface area contributed by atoms with E-state index in [1.807, 2.05) is 36.0 Å². The van der Waals surface area contributed by atoms with Gasteiger partial charge >= 0.3 is 0 Å². The highest BCUT2D eigenvalue weighted by Crippen LogP contribution is 2.35. The number of ether oxygens (including phenoxy) is 1. The number of phenols is 1. The van der Waals surface area contributed by atoms with Gasteiger partial charge in [0, 0.05) is 79.7 Å². The van der Waals surface area contributed by atoms with Gasteiger partial charge in [0.05, 0.1) is 55.4 Å². The fourth-order valence-electron chi connectivity index (χ4n) is 11.7. The van der Waals surface area contributed by atoms with Crippen LogP contribution in [0.1, 0.15) is 74.4 Å². The van der Waals surface area contributed by atoms with Gasteiger partial charge in [0.1, 0.15) is 59.2 Å². The number of amides is 8. The number of unbranched alkanes of at least 4 members (excludes halogenated alkanes) is 2. The molecule has 0 spiro atoms. The maximum absolute atomic E-state index is 14.7. The van der Waals surface area contributed by atoms with Crippen LogP contribution in [0.3, 0.4) is 0 Å². The predicted molar refractivity (Wildman–Crippen MR) is 346 cm³/mol. The van der Waals surface area contributed by atoms with Crippen LogP contribution >= 0.6 is 35.4 Å². The minimum atomic E-state index is -2.53. The number of hydrogen-bond donors (Lipinski definition) is 15. The van der Waals surface area contributed by atoms with E-state index in [9.17, 15) is 79.2 Å². The molecule has 526 valence electrons. The number of thioether (sulfide) groups is 1. The maximum atomic E-state index is 14.7. The van der Waals surface area contributed by atoms with Gasteiger partial charge in [0.25, 0.3) is 18.2 Å². The Hall–Kier alpha value is -7.82. The molecule has 4 aliphatic heterocycles. The molecule has 0 saturated carbocycles. The number of hydrogen-bond acceptors (Lipinski definition) is 27. The third-order valence-corrected chi connectivity index (χ3v) is 19.3. The first-order valence-corrected chi connectivity index (χ1v) is 33.8. The third kappa shape index (κ3) is 18.5. The zero-order valence-electron chi connectivity index (χ0n) is 52.5. The molecule has 8 amide bonds. The van der Waals surface area contributed by atoms with Crippen molar-refractivity contribution in [3.05, 3.63) is 84.1 Å². The van der Waals surface area contributed by atoms with Crippen molar-refractivity contribution in [1.29, 1.82) is 0 Å². The number of aromatic hydroxyl groups is 1. The number of aromatic nitrogens is 3. The van der Waals surface area contributed by atoms with E-state index >= 15 is 0 Å². The lowest BCUT2D eigenvalue weighted by Crippen LogP contribution is -2.64. The van der Waals surface area contributed by atoms with E-state index in [0.717, 1.165) is 85.1 Å². The van der Waals surface area contributed by atoms with Gasteiger partial charge in [-0.15, -0.1) is 0 Å². The Bertz CT molecular complexity index is 3550. The van der Waals surface area contributed by atoms with Gasteiger partial charge in [-0.05, 0) is 86.8 Å². The van der Waals surface area contributed by atoms with Crippen molar-refractivity contribution in [3.8, 4) is 39.1 Å². The summed E-state index contributed by atoms with van der Waals surface area (Å²) in [5.41, 5.74) is 6.99. The molecule has 0 radical (unpaired) electrons. The van der Waals surface area contributed by atoms with Crippen molar-refractivity contribution >= 4 is 87.6 Å². The lowest BCUT2D eigenvalue weighted by molar-refractivity contribution is -0.433. The molecule has 16 N–H and O–H groups in total. The number of primary amides is 1. The summed E-state index contributed by atoms with van der Waals surface area (Å²) in [5, 5.41) is 120. The standard InChI is InChI=1S/C61H78N12O21S3/c1-30-27-72-49(50(30)80)57(87)63-26-36(75)23-39(64-53(83)33-8-6-32(7-9-33)40-29-73-61(65-40)96-58(69-73)34-10-13-38(14-11-34)91-19-5-3-4-16-70-17-20-95-21-18-70)54(84)66-46(31(2)74)59(88)71-28-37(76)24-41(71)55(85)68-48(56(86)67-47(60(72)89)43(78)25-45(62)79)52(82)51(81)35-12-15-42(77)44(22-35)92-97-94-93-90/h6-15,22,29-31,36-37,39,41,43,46-52,74-78,80-82,90H,3-5,16-21,23-28H2,1-2H3,(H2,62,79)(H,63,87)(H,64,83)(H,66,84)(H,67,86)(H,68,85)/t30?,31?,36?,37?,39-,41?,43?,46?,47?,48?,49?,50?,51?,52?/m0/s1. The Labute approximate surface area is 567 Å². The van der Waals surface area contributed by atoms with Gasteiger partial charge in [-0.25, -0.2) is 14.8 Å². The molecule has 9 rings (SSSR count). The van der Waals surface area contributed by atoms with E-state index in [0.29, 0.717) is 27.8 Å². The lowest BCUT2D eigenvalue weighted by atomic mass is 9.96. The van der Waals surface area contributed by atoms with E-state index in [-0.39, 0.29) is 23.5 Å². The fourth-order valence-corrected chi connectivity index (χ4v) is 13.9. The van der Waals surface area contributed by atoms with Gasteiger partial charge in [-0.1, -0.05) is 45.8 Å². The molecule has 4 aliphatic rings. The van der Waals surface area contributed by atoms with Crippen LogP contribution in [0.25, 0.3) is 26.8 Å². The highest BCUT2D eigenvalue weighted by molar-refractivity contribution is 7.99. The molecule has 2 aromatic heterocycles. The van der Waals surface area contributed by atoms with E-state index in [2.05, 4.69) is 40.9 Å². The van der Waals surface area contributed by atoms with Crippen molar-refractivity contribution in [3.63, 3.8) is 0 Å². The minimum Gasteiger partial charge on any atom is -0.504 e. The molecule has 97 heavy (non-hydrogen) atoms. The van der Waals surface area contributed by atoms with Crippen LogP contribution in [0.15, 0.2) is 72.9 Å². The number of carbonyl (C=O) groups excluding carboxylic acids is 8. The summed E-state index contributed by atoms with van der Waals surface area (Å²) >= 11 is 3.34. The number of rotatable bonds is 22. The predicted octanol–water partition coefficient (Wildman–Crippen LogP) is -1.89. The molecule has 0 bridgehead atoms. The van der Waals surface area contributed by atoms with E-state index < -0.39 is 183 Å². The van der Waals surface area contributed by atoms with Crippen molar-refractivity contribution in [2.75, 3.05) is 57.4 Å². The monoisotopic (exact) mass is 1410 g/mol. The van der Waals surface area contributed by atoms with Crippen LogP contribution in [0.2, 0.25) is 0 Å². The van der Waals surface area contributed by atoms with Crippen molar-refractivity contribution in [1.82, 2.24) is 55.9 Å². The molecule has 5 aromatic rings. The topological polar surface area (TPSA) is 482 Å². The number of aliphatic hydroxyl groups excluding tert-OH is 7. The number of nitrogens with one attached hydrogen (secondary N) is 5. The molecule has 36 heteroatoms. The van der Waals surface area contributed by atoms with Gasteiger partial charge in [-0.2, -0.15) is 16.9 Å². The van der Waals surface area contributed by atoms with Gasteiger partial charge in [0.2, 0.25) is 46.3 Å². The molecular formula is C61H78N12O21S3. The Morgan fingerprint density at radius 2 is 1.49 bits per heavy atom. The highest BCUT2D eigenvalue weighted by Gasteiger charge is 2.50. The lowest BCUT2D eigenvalue weighted by Gasteiger charge is -2.34. The molecule has 4 fully saturated rings. The highest BCUT2D eigenvalue weighted by atomic mass is 32.2. The second kappa shape index (κ2) is 33.6. The number of nitrogens with two attached hydrogens (primary N) is 1. The summed E-state index contributed by atoms with van der Waals surface area (Å²) in [7, 11) is 0. The fraction of sp³-hybridized carbons (Fsp3) is 0.508. The number of fused-ring (bicyclic) bond motifs is 3. The molecule has 3 aromatic carbocycles. The third-order valence-electron chi connectivity index (χ3n) is 17.0. The average molecular weight is 1410 g/mol. The van der Waals surface area contributed by atoms with Crippen LogP contribution in [-0.4, -0.2) is 253 Å². The van der Waals surface area contributed by atoms with Crippen LogP contribution in [0, 0.1) is 5.92 Å². The Balaban J connectivity index is 0.945. The molecule has 13 unspecified atom stereocenters. The number of phenolic OH excluding ortho intramolecular Hbond substituents is 1. The Kier molecular flexibility index (Phi) is 25.5. The Morgan fingerprint density at radius 1 is 0.804 bits per heavy atom. The van der Waals surface area contributed by atoms with Gasteiger partial charge in [0.15, 0.2) is 11.5 Å². The molecule has 33 nitrogen and oxygen atoms in total. The zero-order chi connectivity index (χ0) is 69.8. The second-order valence-electron chi connectivity index (χ2n) is 24.1. The summed E-state index contributed by atoms with van der Waals surface area (Å²) in [4.78, 5) is 123. The first kappa shape index (κ1) is 73.4. The number of nitrogens with zero attached hydrogens (tertiary/aromatic N) is 6. The van der Waals surface area contributed by atoms with Gasteiger partial charge < -0.3 is 96.8 Å². The summed E-state index contributed by atoms with van der Waals surface area (Å²) in [6, 6.07) is 4.36. The number of carbonyl (C=O) groups is 8. The molecule has 6 heterocycles. The smallest absolute Gasteiger partial charge is 0.261 e. The van der Waals surface area contributed by atoms with Crippen LogP contribution < -0.4 is 41.2 Å². The molecule has 14 atom stereocenters. The van der Waals surface area contributed by atoms with E-state index in [1.54, 1.807) is 22.8 Å². The number of benzene rings is 3. The van der Waals surface area contributed by atoms with Crippen LogP contribution in [0.5, 0.6) is 17.2 Å². The SMILES string of the molecule is CC(O)C1NC(=O)[C@@H](NC(=O)c2ccc(-c3cn4nc(-c5ccc(OCCCCCN6CCSCC6)cc5)sc4n3)cc2)CC(O)CNC(=O)C2C(O)C(C)CN2C(=O)C(C(O)CC(N)=O)NC(=O)C(C(O)C(O)c2ccc(O)c(OSOOO)c2)NC(=O)C2CC(O)CN2C1=O. The normalized spacial score (nSPS) is 25.5. The van der Waals surface area contributed by atoms with E-state index in [1.165, 1.54) is 41.9 Å². The molecular weight excluding hydrogens is 1330 g/mol. The summed E-state index contributed by atoms with van der Waals surface area (Å²) in [6.45, 7) is 4.75. The number of aliphatic hydroxyl groups is 7. The van der Waals surface area contributed by atoms with Crippen molar-refractivity contribution in [2.24, 2.45) is 11.7 Å². The average Bonchev–Trinajstić information content (AvgIpc) is 1.73. The second-order valence-corrected chi connectivity index (χ2v) is 26.7. The van der Waals surface area contributed by atoms with E-state index in [4.69, 9.17) is 30.0 Å². The quantitative estimate of drug-likeness (QED) is 0.0156.